The number of carbonyl (C=O) groups excluding carboxylic acids is 1. The van der Waals surface area contributed by atoms with E-state index in [0.29, 0.717) is 23.9 Å². The highest BCUT2D eigenvalue weighted by atomic mass is 32.1. The fourth-order valence-electron chi connectivity index (χ4n) is 2.02. The summed E-state index contributed by atoms with van der Waals surface area (Å²) in [5, 5.41) is 14.3. The van der Waals surface area contributed by atoms with Gasteiger partial charge >= 0.3 is 6.61 Å². The minimum Gasteiger partial charge on any atom is -0.435 e. The summed E-state index contributed by atoms with van der Waals surface area (Å²) in [6.07, 6.45) is 0.454. The highest BCUT2D eigenvalue weighted by Crippen LogP contribution is 2.21. The molecule has 0 aliphatic rings. The van der Waals surface area contributed by atoms with Crippen LogP contribution in [0.4, 0.5) is 14.5 Å². The molecule has 2 aromatic heterocycles. The number of thiophene rings is 1. The van der Waals surface area contributed by atoms with Gasteiger partial charge in [-0.05, 0) is 35.7 Å². The lowest BCUT2D eigenvalue weighted by molar-refractivity contribution is -0.116. The molecule has 130 valence electrons. The van der Waals surface area contributed by atoms with Crippen molar-refractivity contribution < 1.29 is 22.7 Å². The lowest BCUT2D eigenvalue weighted by Crippen LogP contribution is -2.12. The van der Waals surface area contributed by atoms with Gasteiger partial charge < -0.3 is 14.5 Å². The summed E-state index contributed by atoms with van der Waals surface area (Å²) < 4.78 is 33.9. The summed E-state index contributed by atoms with van der Waals surface area (Å²) in [7, 11) is 0. The standard InChI is InChI=1S/C16H13F2N3O3S/c17-16(18)23-12-3-1-11(2-4-12)19-13(22)5-6-14-20-21-15(24-14)10-7-8-25-9-10/h1-4,7-9,16H,5-6H2,(H,19,22). The highest BCUT2D eigenvalue weighted by Gasteiger charge is 2.11. The smallest absolute Gasteiger partial charge is 0.387 e. The third kappa shape index (κ3) is 4.83. The molecule has 1 aromatic carbocycles. The van der Waals surface area contributed by atoms with Gasteiger partial charge in [0.25, 0.3) is 0 Å². The third-order valence-electron chi connectivity index (χ3n) is 3.16. The van der Waals surface area contributed by atoms with Crippen LogP contribution in [0, 0.1) is 0 Å². The number of nitrogens with zero attached hydrogens (tertiary/aromatic N) is 2. The molecule has 25 heavy (non-hydrogen) atoms. The van der Waals surface area contributed by atoms with Crippen molar-refractivity contribution in [2.75, 3.05) is 5.32 Å². The van der Waals surface area contributed by atoms with Crippen molar-refractivity contribution in [1.82, 2.24) is 10.2 Å². The molecule has 0 saturated carbocycles. The van der Waals surface area contributed by atoms with Gasteiger partial charge in [-0.3, -0.25) is 4.79 Å². The van der Waals surface area contributed by atoms with Gasteiger partial charge in [0.1, 0.15) is 5.75 Å². The number of anilines is 1. The average molecular weight is 365 g/mol. The van der Waals surface area contributed by atoms with Crippen LogP contribution in [0.2, 0.25) is 0 Å². The van der Waals surface area contributed by atoms with Gasteiger partial charge in [0.2, 0.25) is 17.7 Å². The maximum Gasteiger partial charge on any atom is 0.387 e. The summed E-state index contributed by atoms with van der Waals surface area (Å²) in [6.45, 7) is -2.88. The summed E-state index contributed by atoms with van der Waals surface area (Å²) in [5.41, 5.74) is 1.33. The van der Waals surface area contributed by atoms with Crippen molar-refractivity contribution in [3.8, 4) is 17.2 Å². The van der Waals surface area contributed by atoms with E-state index >= 15 is 0 Å². The Morgan fingerprint density at radius 2 is 2.04 bits per heavy atom. The molecule has 0 radical (unpaired) electrons. The molecule has 0 atom stereocenters. The van der Waals surface area contributed by atoms with Crippen molar-refractivity contribution in [1.29, 1.82) is 0 Å². The van der Waals surface area contributed by atoms with E-state index in [1.807, 2.05) is 16.8 Å². The van der Waals surface area contributed by atoms with Crippen LogP contribution in [0.3, 0.4) is 0 Å². The third-order valence-corrected chi connectivity index (χ3v) is 3.85. The fourth-order valence-corrected chi connectivity index (χ4v) is 2.65. The Morgan fingerprint density at radius 1 is 1.24 bits per heavy atom. The fraction of sp³-hybridized carbons (Fsp3) is 0.188. The Bertz CT molecular complexity index is 820. The molecular formula is C16H13F2N3O3S. The van der Waals surface area contributed by atoms with Gasteiger partial charge in [0.05, 0.1) is 0 Å². The summed E-state index contributed by atoms with van der Waals surface area (Å²) in [4.78, 5) is 11.9. The lowest BCUT2D eigenvalue weighted by Gasteiger charge is -2.07. The van der Waals surface area contributed by atoms with E-state index in [1.165, 1.54) is 35.6 Å². The summed E-state index contributed by atoms with van der Waals surface area (Å²) >= 11 is 1.52. The van der Waals surface area contributed by atoms with Gasteiger partial charge in [0, 0.05) is 29.5 Å². The second kappa shape index (κ2) is 7.84. The first-order chi connectivity index (χ1) is 12.1. The predicted molar refractivity (Wildman–Crippen MR) is 87.6 cm³/mol. The first-order valence-electron chi connectivity index (χ1n) is 7.30. The van der Waals surface area contributed by atoms with Crippen LogP contribution in [0.1, 0.15) is 12.3 Å². The molecule has 2 heterocycles. The molecule has 0 aliphatic carbocycles. The Balaban J connectivity index is 1.49. The van der Waals surface area contributed by atoms with Crippen molar-refractivity contribution in [3.63, 3.8) is 0 Å². The maximum atomic E-state index is 12.1. The second-order valence-corrected chi connectivity index (χ2v) is 5.74. The van der Waals surface area contributed by atoms with E-state index in [1.54, 1.807) is 0 Å². The van der Waals surface area contributed by atoms with Gasteiger partial charge in [0.15, 0.2) is 0 Å². The topological polar surface area (TPSA) is 77.2 Å². The van der Waals surface area contributed by atoms with E-state index in [9.17, 15) is 13.6 Å². The Morgan fingerprint density at radius 3 is 2.72 bits per heavy atom. The van der Waals surface area contributed by atoms with Crippen molar-refractivity contribution in [3.05, 3.63) is 47.0 Å². The SMILES string of the molecule is O=C(CCc1nnc(-c2ccsc2)o1)Nc1ccc(OC(F)F)cc1. The molecule has 3 rings (SSSR count). The number of benzene rings is 1. The van der Waals surface area contributed by atoms with Crippen LogP contribution in [0.25, 0.3) is 11.5 Å². The second-order valence-electron chi connectivity index (χ2n) is 4.96. The Labute approximate surface area is 145 Å². The van der Waals surface area contributed by atoms with Crippen LogP contribution in [-0.4, -0.2) is 22.7 Å². The molecule has 0 spiro atoms. The molecule has 3 aromatic rings. The molecule has 0 bridgehead atoms. The van der Waals surface area contributed by atoms with Crippen molar-refractivity contribution >= 4 is 22.9 Å². The molecule has 0 fully saturated rings. The molecule has 0 unspecified atom stereocenters. The monoisotopic (exact) mass is 365 g/mol. The van der Waals surface area contributed by atoms with Crippen LogP contribution in [0.5, 0.6) is 5.75 Å². The summed E-state index contributed by atoms with van der Waals surface area (Å²) in [6, 6.07) is 7.55. The number of amides is 1. The number of ether oxygens (including phenoxy) is 1. The highest BCUT2D eigenvalue weighted by molar-refractivity contribution is 7.08. The van der Waals surface area contributed by atoms with E-state index in [-0.39, 0.29) is 18.1 Å². The number of rotatable bonds is 7. The van der Waals surface area contributed by atoms with Crippen LogP contribution < -0.4 is 10.1 Å². The molecule has 0 saturated heterocycles. The Kier molecular flexibility index (Phi) is 5.34. The Hall–Kier alpha value is -2.81. The summed E-state index contributed by atoms with van der Waals surface area (Å²) in [5.74, 6) is 0.570. The number of hydrogen-bond acceptors (Lipinski definition) is 6. The zero-order valence-corrected chi connectivity index (χ0v) is 13.6. The minimum atomic E-state index is -2.88. The first-order valence-corrected chi connectivity index (χ1v) is 8.24. The minimum absolute atomic E-state index is 0.0276. The van der Waals surface area contributed by atoms with Gasteiger partial charge in [-0.25, -0.2) is 0 Å². The van der Waals surface area contributed by atoms with Crippen LogP contribution in [-0.2, 0) is 11.2 Å². The van der Waals surface area contributed by atoms with Crippen molar-refractivity contribution in [2.24, 2.45) is 0 Å². The van der Waals surface area contributed by atoms with E-state index in [2.05, 4.69) is 20.3 Å². The number of aromatic nitrogens is 2. The van der Waals surface area contributed by atoms with E-state index in [0.717, 1.165) is 5.56 Å². The number of carbonyl (C=O) groups is 1. The molecule has 1 amide bonds. The molecule has 6 nitrogen and oxygen atoms in total. The number of aryl methyl sites for hydroxylation is 1. The van der Waals surface area contributed by atoms with Crippen LogP contribution in [0.15, 0.2) is 45.5 Å². The quantitative estimate of drug-likeness (QED) is 0.685. The van der Waals surface area contributed by atoms with Gasteiger partial charge in [-0.15, -0.1) is 10.2 Å². The van der Waals surface area contributed by atoms with Crippen LogP contribution >= 0.6 is 11.3 Å². The zero-order chi connectivity index (χ0) is 17.6. The zero-order valence-electron chi connectivity index (χ0n) is 12.8. The normalized spacial score (nSPS) is 10.8. The molecule has 1 N–H and O–H groups in total. The number of hydrogen-bond donors (Lipinski definition) is 1. The van der Waals surface area contributed by atoms with Crippen molar-refractivity contribution in [2.45, 2.75) is 19.5 Å². The first kappa shape index (κ1) is 17.0. The number of alkyl halides is 2. The maximum absolute atomic E-state index is 12.1. The van der Waals surface area contributed by atoms with Gasteiger partial charge in [-0.1, -0.05) is 0 Å². The molecule has 9 heteroatoms. The average Bonchev–Trinajstić information content (AvgIpc) is 3.25. The van der Waals surface area contributed by atoms with E-state index < -0.39 is 6.61 Å². The number of halogens is 2. The lowest BCUT2D eigenvalue weighted by atomic mass is 10.2. The largest absolute Gasteiger partial charge is 0.435 e. The van der Waals surface area contributed by atoms with Gasteiger partial charge in [-0.2, -0.15) is 20.1 Å². The number of nitrogens with one attached hydrogen (secondary N) is 1. The molecular weight excluding hydrogens is 352 g/mol. The predicted octanol–water partition coefficient (Wildman–Crippen LogP) is 3.97. The molecule has 0 aliphatic heterocycles. The van der Waals surface area contributed by atoms with E-state index in [4.69, 9.17) is 4.42 Å².